The molecule has 0 amide bonds. The molecule has 5 rings (SSSR count). The Morgan fingerprint density at radius 1 is 0.917 bits per heavy atom. The van der Waals surface area contributed by atoms with Crippen LogP contribution >= 0.6 is 0 Å². The summed E-state index contributed by atoms with van der Waals surface area (Å²) in [5.41, 5.74) is 5.62. The molecule has 2 unspecified atom stereocenters. The normalized spacial score (nSPS) is 19.5. The largest absolute Gasteiger partial charge is 0.508 e. The molecule has 2 aliphatic rings. The molecule has 0 bridgehead atoms. The third-order valence-electron chi connectivity index (χ3n) is 7.01. The molecule has 1 aliphatic heterocycles. The number of esters is 1. The van der Waals surface area contributed by atoms with Crippen molar-refractivity contribution in [2.24, 2.45) is 0 Å². The van der Waals surface area contributed by atoms with Crippen molar-refractivity contribution < 1.29 is 19.4 Å². The second-order valence-electron chi connectivity index (χ2n) is 9.39. The van der Waals surface area contributed by atoms with Crippen molar-refractivity contribution >= 4 is 11.8 Å². The van der Waals surface area contributed by atoms with Crippen LogP contribution in [0.25, 0.3) is 0 Å². The van der Waals surface area contributed by atoms with Crippen molar-refractivity contribution in [3.8, 4) is 5.75 Å². The van der Waals surface area contributed by atoms with Gasteiger partial charge in [0.1, 0.15) is 5.75 Å². The van der Waals surface area contributed by atoms with Crippen LogP contribution in [0.15, 0.2) is 107 Å². The minimum absolute atomic E-state index is 0.0257. The van der Waals surface area contributed by atoms with E-state index in [0.717, 1.165) is 22.4 Å². The molecule has 36 heavy (non-hydrogen) atoms. The van der Waals surface area contributed by atoms with E-state index in [-0.39, 0.29) is 24.1 Å². The van der Waals surface area contributed by atoms with Crippen LogP contribution in [0, 0.1) is 0 Å². The van der Waals surface area contributed by atoms with Gasteiger partial charge in [0.25, 0.3) is 0 Å². The summed E-state index contributed by atoms with van der Waals surface area (Å²) in [7, 11) is 0. The number of aromatic hydroxyl groups is 1. The van der Waals surface area contributed by atoms with E-state index in [4.69, 9.17) is 4.74 Å². The predicted octanol–water partition coefficient (Wildman–Crippen LogP) is 5.54. The van der Waals surface area contributed by atoms with Crippen molar-refractivity contribution in [1.82, 2.24) is 5.32 Å². The molecule has 0 saturated heterocycles. The first-order chi connectivity index (χ1) is 17.5. The smallest absolute Gasteiger partial charge is 0.336 e. The van der Waals surface area contributed by atoms with Crippen molar-refractivity contribution in [2.75, 3.05) is 6.61 Å². The van der Waals surface area contributed by atoms with Crippen LogP contribution < -0.4 is 5.32 Å². The number of nitrogens with one attached hydrogen (secondary N) is 1. The van der Waals surface area contributed by atoms with Gasteiger partial charge in [0, 0.05) is 35.7 Å². The number of ether oxygens (including phenoxy) is 1. The highest BCUT2D eigenvalue weighted by atomic mass is 16.5. The van der Waals surface area contributed by atoms with Crippen LogP contribution in [-0.2, 0) is 20.7 Å². The molecular formula is C31H29NO4. The summed E-state index contributed by atoms with van der Waals surface area (Å²) in [6.07, 6.45) is 1.68. The van der Waals surface area contributed by atoms with Crippen molar-refractivity contribution in [3.63, 3.8) is 0 Å². The molecule has 0 aromatic heterocycles. The topological polar surface area (TPSA) is 75.6 Å². The highest BCUT2D eigenvalue weighted by molar-refractivity contribution is 6.04. The number of Topliss-reactive ketones (excluding diaryl/α,β-unsaturated/α-hetero) is 1. The fourth-order valence-corrected chi connectivity index (χ4v) is 5.25. The molecule has 0 spiro atoms. The van der Waals surface area contributed by atoms with Gasteiger partial charge in [0.05, 0.1) is 12.2 Å². The first kappa shape index (κ1) is 23.6. The molecular weight excluding hydrogens is 450 g/mol. The minimum Gasteiger partial charge on any atom is -0.508 e. The first-order valence-electron chi connectivity index (χ1n) is 12.3. The molecule has 0 saturated carbocycles. The number of ketones is 1. The number of phenols is 1. The van der Waals surface area contributed by atoms with Gasteiger partial charge in [-0.1, -0.05) is 72.8 Å². The molecule has 3 aromatic rings. The average Bonchev–Trinajstić information content (AvgIpc) is 2.89. The third-order valence-corrected chi connectivity index (χ3v) is 7.01. The quantitative estimate of drug-likeness (QED) is 0.454. The molecule has 0 fully saturated rings. The molecule has 2 N–H and O–H groups in total. The first-order valence-corrected chi connectivity index (χ1v) is 12.3. The van der Waals surface area contributed by atoms with E-state index in [2.05, 4.69) is 17.4 Å². The van der Waals surface area contributed by atoms with E-state index in [1.807, 2.05) is 55.5 Å². The van der Waals surface area contributed by atoms with Crippen LogP contribution in [0.3, 0.4) is 0 Å². The predicted molar refractivity (Wildman–Crippen MR) is 138 cm³/mol. The Labute approximate surface area is 211 Å². The molecule has 5 nitrogen and oxygen atoms in total. The Balaban J connectivity index is 1.46. The van der Waals surface area contributed by atoms with Gasteiger partial charge in [-0.15, -0.1) is 0 Å². The van der Waals surface area contributed by atoms with Gasteiger partial charge >= 0.3 is 5.97 Å². The van der Waals surface area contributed by atoms with Gasteiger partial charge in [-0.05, 0) is 48.1 Å². The highest BCUT2D eigenvalue weighted by Crippen LogP contribution is 2.45. The summed E-state index contributed by atoms with van der Waals surface area (Å²) in [5.74, 6) is -0.738. The van der Waals surface area contributed by atoms with Crippen LogP contribution in [-0.4, -0.2) is 23.5 Å². The van der Waals surface area contributed by atoms with E-state index in [0.29, 0.717) is 36.1 Å². The second-order valence-corrected chi connectivity index (χ2v) is 9.39. The van der Waals surface area contributed by atoms with Gasteiger partial charge in [-0.2, -0.15) is 0 Å². The summed E-state index contributed by atoms with van der Waals surface area (Å²) in [6.45, 7) is 2.11. The number of carbonyl (C=O) groups is 2. The zero-order valence-electron chi connectivity index (χ0n) is 20.2. The fraction of sp³-hybridized carbons (Fsp3) is 0.226. The number of phenolic OH excluding ortho intramolecular Hbond substituents is 1. The van der Waals surface area contributed by atoms with Gasteiger partial charge in [-0.3, -0.25) is 4.79 Å². The van der Waals surface area contributed by atoms with E-state index in [9.17, 15) is 14.7 Å². The molecule has 5 heteroatoms. The molecule has 1 heterocycles. The molecule has 0 radical (unpaired) electrons. The van der Waals surface area contributed by atoms with E-state index < -0.39 is 11.9 Å². The second kappa shape index (κ2) is 10.2. The lowest BCUT2D eigenvalue weighted by Crippen LogP contribution is -2.36. The van der Waals surface area contributed by atoms with E-state index in [1.54, 1.807) is 24.3 Å². The summed E-state index contributed by atoms with van der Waals surface area (Å²) in [6, 6.07) is 26.7. The third kappa shape index (κ3) is 4.82. The summed E-state index contributed by atoms with van der Waals surface area (Å²) in [4.78, 5) is 27.0. The van der Waals surface area contributed by atoms with E-state index in [1.165, 1.54) is 0 Å². The van der Waals surface area contributed by atoms with Crippen molar-refractivity contribution in [3.05, 3.63) is 124 Å². The van der Waals surface area contributed by atoms with Gasteiger partial charge in [0.2, 0.25) is 0 Å². The number of dihydropyridines is 1. The minimum atomic E-state index is -0.546. The Kier molecular flexibility index (Phi) is 6.72. The molecule has 2 atom stereocenters. The summed E-state index contributed by atoms with van der Waals surface area (Å²) < 4.78 is 5.72. The zero-order chi connectivity index (χ0) is 25.1. The van der Waals surface area contributed by atoms with Crippen LogP contribution in [0.2, 0.25) is 0 Å². The van der Waals surface area contributed by atoms with Gasteiger partial charge in [0.15, 0.2) is 5.78 Å². The van der Waals surface area contributed by atoms with Crippen LogP contribution in [0.1, 0.15) is 48.3 Å². The Hall–Kier alpha value is -4.12. The lowest BCUT2D eigenvalue weighted by molar-refractivity contribution is -0.139. The van der Waals surface area contributed by atoms with E-state index >= 15 is 0 Å². The standard InChI is InChI=1S/C31H29NO4/c1-20-28(31(35)36-17-16-21-8-4-2-5-9-21)29(23-12-14-25(33)15-13-23)30-26(32-20)18-24(19-27(30)34)22-10-6-3-7-11-22/h2-15,24,29,32-33H,16-19H2,1H3. The number of rotatable bonds is 6. The van der Waals surface area contributed by atoms with Crippen molar-refractivity contribution in [1.29, 1.82) is 0 Å². The maximum absolute atomic E-state index is 13.6. The lowest BCUT2D eigenvalue weighted by Gasteiger charge is -2.36. The SMILES string of the molecule is CC1=C(C(=O)OCCc2ccccc2)C(c2ccc(O)cc2)C2=C(CC(c3ccccc3)CC2=O)N1. The maximum Gasteiger partial charge on any atom is 0.336 e. The van der Waals surface area contributed by atoms with Gasteiger partial charge < -0.3 is 15.2 Å². The number of carbonyl (C=O) groups excluding carboxylic acids is 2. The molecule has 3 aromatic carbocycles. The molecule has 1 aliphatic carbocycles. The Bertz CT molecular complexity index is 1320. The Morgan fingerprint density at radius 2 is 1.58 bits per heavy atom. The lowest BCUT2D eigenvalue weighted by atomic mass is 9.72. The summed E-state index contributed by atoms with van der Waals surface area (Å²) in [5, 5.41) is 13.2. The monoisotopic (exact) mass is 479 g/mol. The average molecular weight is 480 g/mol. The number of hydrogen-bond acceptors (Lipinski definition) is 5. The zero-order valence-corrected chi connectivity index (χ0v) is 20.2. The fourth-order valence-electron chi connectivity index (χ4n) is 5.25. The van der Waals surface area contributed by atoms with Crippen LogP contribution in [0.4, 0.5) is 0 Å². The highest BCUT2D eigenvalue weighted by Gasteiger charge is 2.41. The summed E-state index contributed by atoms with van der Waals surface area (Å²) >= 11 is 0. The van der Waals surface area contributed by atoms with Crippen molar-refractivity contribution in [2.45, 2.75) is 38.0 Å². The number of allylic oxidation sites excluding steroid dienone is 3. The maximum atomic E-state index is 13.6. The number of hydrogen-bond donors (Lipinski definition) is 2. The van der Waals surface area contributed by atoms with Gasteiger partial charge in [-0.25, -0.2) is 4.79 Å². The Morgan fingerprint density at radius 3 is 2.28 bits per heavy atom. The number of benzene rings is 3. The van der Waals surface area contributed by atoms with Crippen LogP contribution in [0.5, 0.6) is 5.75 Å². The molecule has 182 valence electrons.